The Morgan fingerprint density at radius 1 is 1.14 bits per heavy atom. The predicted octanol–water partition coefficient (Wildman–Crippen LogP) is 2.83. The minimum absolute atomic E-state index is 0.129. The third-order valence-electron chi connectivity index (χ3n) is 4.80. The van der Waals surface area contributed by atoms with Crippen molar-refractivity contribution in [1.29, 1.82) is 0 Å². The van der Waals surface area contributed by atoms with Crippen LogP contribution >= 0.6 is 0 Å². The number of rotatable bonds is 3. The lowest BCUT2D eigenvalue weighted by atomic mass is 10.1. The second-order valence-corrected chi connectivity index (χ2v) is 6.48. The number of furan rings is 1. The Balaban J connectivity index is 1.41. The second kappa shape index (κ2) is 7.68. The molecule has 0 unspecified atom stereocenters. The van der Waals surface area contributed by atoms with E-state index in [9.17, 15) is 4.79 Å². The van der Waals surface area contributed by atoms with E-state index in [1.165, 1.54) is 25.7 Å². The molecule has 0 atom stereocenters. The van der Waals surface area contributed by atoms with Gasteiger partial charge in [-0.1, -0.05) is 25.7 Å². The predicted molar refractivity (Wildman–Crippen MR) is 85.6 cm³/mol. The number of urea groups is 1. The molecule has 1 N–H and O–H groups in total. The topological polar surface area (TPSA) is 48.7 Å². The lowest BCUT2D eigenvalue weighted by molar-refractivity contribution is 0.128. The highest BCUT2D eigenvalue weighted by atomic mass is 16.3. The van der Waals surface area contributed by atoms with Crippen molar-refractivity contribution in [3.05, 3.63) is 24.2 Å². The molecule has 3 rings (SSSR count). The van der Waals surface area contributed by atoms with Crippen LogP contribution in [0, 0.1) is 0 Å². The first-order valence-electron chi connectivity index (χ1n) is 8.61. The first-order valence-corrected chi connectivity index (χ1v) is 8.61. The molecule has 122 valence electrons. The number of carbonyl (C=O) groups is 1. The summed E-state index contributed by atoms with van der Waals surface area (Å²) in [4.78, 5) is 16.7. The summed E-state index contributed by atoms with van der Waals surface area (Å²) in [6.45, 7) is 4.28. The molecule has 1 aromatic heterocycles. The Labute approximate surface area is 132 Å². The van der Waals surface area contributed by atoms with Crippen LogP contribution in [0.4, 0.5) is 4.79 Å². The SMILES string of the molecule is O=C(NC1CCCCCC1)N1CCN(Cc2ccco2)CC1. The minimum Gasteiger partial charge on any atom is -0.468 e. The van der Waals surface area contributed by atoms with Gasteiger partial charge in [-0.2, -0.15) is 0 Å². The molecule has 0 spiro atoms. The van der Waals surface area contributed by atoms with Gasteiger partial charge in [0.1, 0.15) is 5.76 Å². The summed E-state index contributed by atoms with van der Waals surface area (Å²) in [5.41, 5.74) is 0. The van der Waals surface area contributed by atoms with Gasteiger partial charge in [0.15, 0.2) is 0 Å². The van der Waals surface area contributed by atoms with Crippen molar-refractivity contribution in [2.75, 3.05) is 26.2 Å². The van der Waals surface area contributed by atoms with Gasteiger partial charge in [-0.25, -0.2) is 4.79 Å². The van der Waals surface area contributed by atoms with Gasteiger partial charge < -0.3 is 14.6 Å². The number of amides is 2. The van der Waals surface area contributed by atoms with Gasteiger partial charge in [-0.05, 0) is 25.0 Å². The average molecular weight is 305 g/mol. The molecule has 2 heterocycles. The minimum atomic E-state index is 0.129. The number of piperazine rings is 1. The summed E-state index contributed by atoms with van der Waals surface area (Å²) in [6.07, 6.45) is 9.14. The van der Waals surface area contributed by atoms with E-state index in [1.54, 1.807) is 6.26 Å². The molecule has 2 aliphatic rings. The largest absolute Gasteiger partial charge is 0.468 e. The molecular formula is C17H27N3O2. The van der Waals surface area contributed by atoms with Crippen molar-refractivity contribution < 1.29 is 9.21 Å². The van der Waals surface area contributed by atoms with Gasteiger partial charge in [-0.3, -0.25) is 4.90 Å². The third-order valence-corrected chi connectivity index (χ3v) is 4.80. The van der Waals surface area contributed by atoms with Crippen molar-refractivity contribution in [2.45, 2.75) is 51.1 Å². The molecule has 0 aromatic carbocycles. The van der Waals surface area contributed by atoms with Gasteiger partial charge in [-0.15, -0.1) is 0 Å². The van der Waals surface area contributed by atoms with Crippen molar-refractivity contribution in [3.63, 3.8) is 0 Å². The fourth-order valence-electron chi connectivity index (χ4n) is 3.42. The first-order chi connectivity index (χ1) is 10.8. The average Bonchev–Trinajstić information content (AvgIpc) is 2.91. The Morgan fingerprint density at radius 3 is 2.50 bits per heavy atom. The summed E-state index contributed by atoms with van der Waals surface area (Å²) >= 11 is 0. The van der Waals surface area contributed by atoms with Gasteiger partial charge in [0.2, 0.25) is 0 Å². The Kier molecular flexibility index (Phi) is 5.38. The Hall–Kier alpha value is -1.49. The zero-order valence-electron chi connectivity index (χ0n) is 13.3. The molecule has 2 fully saturated rings. The van der Waals surface area contributed by atoms with E-state index < -0.39 is 0 Å². The van der Waals surface area contributed by atoms with Gasteiger partial charge in [0.25, 0.3) is 0 Å². The smallest absolute Gasteiger partial charge is 0.317 e. The van der Waals surface area contributed by atoms with E-state index in [-0.39, 0.29) is 6.03 Å². The number of carbonyl (C=O) groups excluding carboxylic acids is 1. The summed E-state index contributed by atoms with van der Waals surface area (Å²) in [6, 6.07) is 4.44. The Bertz CT molecular complexity index is 444. The summed E-state index contributed by atoms with van der Waals surface area (Å²) < 4.78 is 5.39. The van der Waals surface area contributed by atoms with Gasteiger partial charge in [0.05, 0.1) is 12.8 Å². The number of hydrogen-bond acceptors (Lipinski definition) is 3. The molecule has 1 aromatic rings. The normalized spacial score (nSPS) is 21.5. The molecule has 2 amide bonds. The van der Waals surface area contributed by atoms with Crippen LogP contribution in [0.2, 0.25) is 0 Å². The monoisotopic (exact) mass is 305 g/mol. The molecule has 1 saturated heterocycles. The number of nitrogens with one attached hydrogen (secondary N) is 1. The first kappa shape index (κ1) is 15.4. The molecule has 5 nitrogen and oxygen atoms in total. The molecule has 0 bridgehead atoms. The van der Waals surface area contributed by atoms with Gasteiger partial charge >= 0.3 is 6.03 Å². The zero-order chi connectivity index (χ0) is 15.2. The lowest BCUT2D eigenvalue weighted by Crippen LogP contribution is -2.53. The van der Waals surface area contributed by atoms with Crippen molar-refractivity contribution in [3.8, 4) is 0 Å². The fourth-order valence-corrected chi connectivity index (χ4v) is 3.42. The molecular weight excluding hydrogens is 278 g/mol. The number of nitrogens with zero attached hydrogens (tertiary/aromatic N) is 2. The van der Waals surface area contributed by atoms with Crippen molar-refractivity contribution in [2.24, 2.45) is 0 Å². The van der Waals surface area contributed by atoms with Crippen LogP contribution in [0.25, 0.3) is 0 Å². The summed E-state index contributed by atoms with van der Waals surface area (Å²) in [7, 11) is 0. The highest BCUT2D eigenvalue weighted by Crippen LogP contribution is 2.17. The second-order valence-electron chi connectivity index (χ2n) is 6.48. The van der Waals surface area contributed by atoms with E-state index in [1.807, 2.05) is 17.0 Å². The highest BCUT2D eigenvalue weighted by Gasteiger charge is 2.23. The van der Waals surface area contributed by atoms with Crippen LogP contribution in [0.3, 0.4) is 0 Å². The van der Waals surface area contributed by atoms with E-state index in [4.69, 9.17) is 4.42 Å². The standard InChI is InChI=1S/C17H27N3O2/c21-17(18-15-6-3-1-2-4-7-15)20-11-9-19(10-12-20)14-16-8-5-13-22-16/h5,8,13,15H,1-4,6-7,9-12,14H2,(H,18,21). The fraction of sp³-hybridized carbons (Fsp3) is 0.706. The van der Waals surface area contributed by atoms with E-state index in [2.05, 4.69) is 10.2 Å². The maximum Gasteiger partial charge on any atom is 0.317 e. The van der Waals surface area contributed by atoms with Gasteiger partial charge in [0, 0.05) is 32.2 Å². The van der Waals surface area contributed by atoms with E-state index >= 15 is 0 Å². The maximum absolute atomic E-state index is 12.4. The van der Waals surface area contributed by atoms with E-state index in [0.29, 0.717) is 6.04 Å². The molecule has 1 saturated carbocycles. The summed E-state index contributed by atoms with van der Waals surface area (Å²) in [5, 5.41) is 3.24. The van der Waals surface area contributed by atoms with Crippen molar-refractivity contribution in [1.82, 2.24) is 15.1 Å². The maximum atomic E-state index is 12.4. The van der Waals surface area contributed by atoms with Crippen LogP contribution in [0.5, 0.6) is 0 Å². The molecule has 5 heteroatoms. The van der Waals surface area contributed by atoms with Crippen LogP contribution in [0.1, 0.15) is 44.3 Å². The zero-order valence-corrected chi connectivity index (χ0v) is 13.3. The number of hydrogen-bond donors (Lipinski definition) is 1. The van der Waals surface area contributed by atoms with Crippen LogP contribution < -0.4 is 5.32 Å². The highest BCUT2D eigenvalue weighted by molar-refractivity contribution is 5.74. The lowest BCUT2D eigenvalue weighted by Gasteiger charge is -2.35. The van der Waals surface area contributed by atoms with Crippen LogP contribution in [0.15, 0.2) is 22.8 Å². The van der Waals surface area contributed by atoms with Crippen molar-refractivity contribution >= 4 is 6.03 Å². The summed E-state index contributed by atoms with van der Waals surface area (Å²) in [5.74, 6) is 0.997. The quantitative estimate of drug-likeness (QED) is 0.874. The van der Waals surface area contributed by atoms with Crippen LogP contribution in [-0.2, 0) is 6.54 Å². The van der Waals surface area contributed by atoms with Crippen LogP contribution in [-0.4, -0.2) is 48.1 Å². The molecule has 1 aliphatic heterocycles. The molecule has 0 radical (unpaired) electrons. The Morgan fingerprint density at radius 2 is 1.86 bits per heavy atom. The van der Waals surface area contributed by atoms with E-state index in [0.717, 1.165) is 51.3 Å². The molecule has 22 heavy (non-hydrogen) atoms. The molecule has 1 aliphatic carbocycles. The third kappa shape index (κ3) is 4.26.